The van der Waals surface area contributed by atoms with Crippen LogP contribution < -0.4 is 11.1 Å². The van der Waals surface area contributed by atoms with Gasteiger partial charge in [0, 0.05) is 6.04 Å². The molecule has 1 heterocycles. The van der Waals surface area contributed by atoms with E-state index in [-0.39, 0.29) is 23.5 Å². The Balaban J connectivity index is 2.32. The molecule has 1 rings (SSSR count). The molecule has 7 heteroatoms. The van der Waals surface area contributed by atoms with Gasteiger partial charge >= 0.3 is 0 Å². The van der Waals surface area contributed by atoms with Crippen molar-refractivity contribution in [3.8, 4) is 0 Å². The number of nitrogens with one attached hydrogen (secondary N) is 1. The average Bonchev–Trinajstić information content (AvgIpc) is 2.28. The van der Waals surface area contributed by atoms with E-state index in [1.165, 1.54) is 0 Å². The Morgan fingerprint density at radius 1 is 1.47 bits per heavy atom. The number of amides is 1. The molecular formula is C10H20N2O3S2. The maximum absolute atomic E-state index is 11.7. The van der Waals surface area contributed by atoms with Crippen molar-refractivity contribution in [3.05, 3.63) is 0 Å². The first-order valence-corrected chi connectivity index (χ1v) is 8.91. The molecule has 0 aromatic carbocycles. The highest BCUT2D eigenvalue weighted by Crippen LogP contribution is 2.12. The minimum absolute atomic E-state index is 0.0358. The lowest BCUT2D eigenvalue weighted by Gasteiger charge is -2.24. The lowest BCUT2D eigenvalue weighted by atomic mass is 10.1. The molecule has 0 aliphatic carbocycles. The van der Waals surface area contributed by atoms with E-state index in [0.29, 0.717) is 19.3 Å². The molecule has 0 unspecified atom stereocenters. The molecule has 1 saturated heterocycles. The highest BCUT2D eigenvalue weighted by Gasteiger charge is 2.25. The van der Waals surface area contributed by atoms with E-state index in [4.69, 9.17) is 5.73 Å². The van der Waals surface area contributed by atoms with Gasteiger partial charge in [-0.1, -0.05) is 0 Å². The van der Waals surface area contributed by atoms with Crippen LogP contribution >= 0.6 is 11.8 Å². The van der Waals surface area contributed by atoms with Gasteiger partial charge in [0.05, 0.1) is 17.5 Å². The smallest absolute Gasteiger partial charge is 0.237 e. The summed E-state index contributed by atoms with van der Waals surface area (Å²) >= 11 is 1.65. The quantitative estimate of drug-likeness (QED) is 0.725. The normalized spacial score (nSPS) is 22.0. The predicted octanol–water partition coefficient (Wildman–Crippen LogP) is -0.240. The zero-order chi connectivity index (χ0) is 12.9. The van der Waals surface area contributed by atoms with Crippen LogP contribution in [0.15, 0.2) is 0 Å². The van der Waals surface area contributed by atoms with E-state index < -0.39 is 15.9 Å². The Kier molecular flexibility index (Phi) is 5.75. The second-order valence-electron chi connectivity index (χ2n) is 4.32. The Morgan fingerprint density at radius 3 is 2.59 bits per heavy atom. The third-order valence-electron chi connectivity index (χ3n) is 2.87. The van der Waals surface area contributed by atoms with Gasteiger partial charge in [0.2, 0.25) is 5.91 Å². The summed E-state index contributed by atoms with van der Waals surface area (Å²) in [5.41, 5.74) is 5.73. The standard InChI is InChI=1S/C10H20N2O3S2/c1-16-5-2-9(11)10(13)12-8-3-6-17(14,15)7-4-8/h8-9H,2-7,11H2,1H3,(H,12,13)/t9-/m0/s1. The van der Waals surface area contributed by atoms with Crippen LogP contribution in [0.3, 0.4) is 0 Å². The Hall–Kier alpha value is -0.270. The van der Waals surface area contributed by atoms with Gasteiger partial charge in [-0.3, -0.25) is 4.79 Å². The highest BCUT2D eigenvalue weighted by atomic mass is 32.2. The van der Waals surface area contributed by atoms with Crippen LogP contribution in [0, 0.1) is 0 Å². The molecule has 1 aliphatic rings. The van der Waals surface area contributed by atoms with E-state index in [9.17, 15) is 13.2 Å². The minimum Gasteiger partial charge on any atom is -0.352 e. The Labute approximate surface area is 107 Å². The van der Waals surface area contributed by atoms with Gasteiger partial charge in [0.25, 0.3) is 0 Å². The maximum Gasteiger partial charge on any atom is 0.237 e. The predicted molar refractivity (Wildman–Crippen MR) is 70.8 cm³/mol. The third-order valence-corrected chi connectivity index (χ3v) is 5.23. The van der Waals surface area contributed by atoms with E-state index in [1.54, 1.807) is 11.8 Å². The van der Waals surface area contributed by atoms with Crippen molar-refractivity contribution >= 4 is 27.5 Å². The monoisotopic (exact) mass is 280 g/mol. The summed E-state index contributed by atoms with van der Waals surface area (Å²) in [4.78, 5) is 11.7. The van der Waals surface area contributed by atoms with E-state index in [2.05, 4.69) is 5.32 Å². The molecule has 1 amide bonds. The molecule has 0 spiro atoms. The molecule has 0 bridgehead atoms. The molecule has 100 valence electrons. The lowest BCUT2D eigenvalue weighted by Crippen LogP contribution is -2.48. The van der Waals surface area contributed by atoms with Crippen molar-refractivity contribution in [2.75, 3.05) is 23.5 Å². The largest absolute Gasteiger partial charge is 0.352 e. The molecular weight excluding hydrogens is 260 g/mol. The van der Waals surface area contributed by atoms with Crippen LogP contribution in [-0.4, -0.2) is 49.9 Å². The van der Waals surface area contributed by atoms with Crippen LogP contribution in [0.1, 0.15) is 19.3 Å². The number of hydrogen-bond donors (Lipinski definition) is 2. The van der Waals surface area contributed by atoms with Crippen molar-refractivity contribution in [1.29, 1.82) is 0 Å². The Bertz CT molecular complexity index is 343. The van der Waals surface area contributed by atoms with Crippen molar-refractivity contribution < 1.29 is 13.2 Å². The molecule has 0 aromatic heterocycles. The first-order valence-electron chi connectivity index (χ1n) is 5.70. The number of carbonyl (C=O) groups is 1. The minimum atomic E-state index is -2.87. The summed E-state index contributed by atoms with van der Waals surface area (Å²) in [6.45, 7) is 0. The molecule has 0 saturated carbocycles. The fourth-order valence-corrected chi connectivity index (χ4v) is 3.70. The van der Waals surface area contributed by atoms with Gasteiger partial charge in [-0.2, -0.15) is 11.8 Å². The van der Waals surface area contributed by atoms with E-state index in [0.717, 1.165) is 5.75 Å². The molecule has 3 N–H and O–H groups in total. The summed E-state index contributed by atoms with van der Waals surface area (Å²) in [6, 6.07) is -0.521. The van der Waals surface area contributed by atoms with Gasteiger partial charge in [-0.05, 0) is 31.3 Å². The van der Waals surface area contributed by atoms with Crippen molar-refractivity contribution in [3.63, 3.8) is 0 Å². The summed E-state index contributed by atoms with van der Waals surface area (Å²) in [5.74, 6) is 1.02. The average molecular weight is 280 g/mol. The van der Waals surface area contributed by atoms with Gasteiger partial charge in [0.1, 0.15) is 9.84 Å². The highest BCUT2D eigenvalue weighted by molar-refractivity contribution is 7.98. The zero-order valence-electron chi connectivity index (χ0n) is 10.0. The molecule has 17 heavy (non-hydrogen) atoms. The molecule has 0 aromatic rings. The van der Waals surface area contributed by atoms with E-state index >= 15 is 0 Å². The number of thioether (sulfide) groups is 1. The number of sulfone groups is 1. The molecule has 1 aliphatic heterocycles. The molecule has 1 atom stereocenters. The van der Waals surface area contributed by atoms with Crippen LogP contribution in [0.25, 0.3) is 0 Å². The van der Waals surface area contributed by atoms with Gasteiger partial charge in [-0.15, -0.1) is 0 Å². The van der Waals surface area contributed by atoms with Gasteiger partial charge in [0.15, 0.2) is 0 Å². The fraction of sp³-hybridized carbons (Fsp3) is 0.900. The maximum atomic E-state index is 11.7. The second kappa shape index (κ2) is 6.61. The first kappa shape index (κ1) is 14.8. The number of nitrogens with two attached hydrogens (primary N) is 1. The van der Waals surface area contributed by atoms with Crippen LogP contribution in [0.2, 0.25) is 0 Å². The third kappa shape index (κ3) is 5.27. The SMILES string of the molecule is CSCC[C@H](N)C(=O)NC1CCS(=O)(=O)CC1. The van der Waals surface area contributed by atoms with E-state index in [1.807, 2.05) is 6.26 Å². The van der Waals surface area contributed by atoms with Crippen LogP contribution in [0.5, 0.6) is 0 Å². The van der Waals surface area contributed by atoms with Gasteiger partial charge in [-0.25, -0.2) is 8.42 Å². The molecule has 1 fully saturated rings. The number of hydrogen-bond acceptors (Lipinski definition) is 5. The summed E-state index contributed by atoms with van der Waals surface area (Å²) in [5, 5.41) is 2.83. The summed E-state index contributed by atoms with van der Waals surface area (Å²) in [7, 11) is -2.87. The van der Waals surface area contributed by atoms with Crippen molar-refractivity contribution in [2.45, 2.75) is 31.3 Å². The van der Waals surface area contributed by atoms with Crippen LogP contribution in [0.4, 0.5) is 0 Å². The van der Waals surface area contributed by atoms with Crippen molar-refractivity contribution in [1.82, 2.24) is 5.32 Å². The number of carbonyl (C=O) groups excluding carboxylic acids is 1. The molecule has 0 radical (unpaired) electrons. The van der Waals surface area contributed by atoms with Crippen LogP contribution in [-0.2, 0) is 14.6 Å². The second-order valence-corrected chi connectivity index (χ2v) is 7.61. The fourth-order valence-electron chi connectivity index (χ4n) is 1.72. The van der Waals surface area contributed by atoms with Crippen molar-refractivity contribution in [2.24, 2.45) is 5.73 Å². The number of rotatable bonds is 5. The molecule has 5 nitrogen and oxygen atoms in total. The van der Waals surface area contributed by atoms with Gasteiger partial charge < -0.3 is 11.1 Å². The zero-order valence-corrected chi connectivity index (χ0v) is 11.6. The topological polar surface area (TPSA) is 89.3 Å². The Morgan fingerprint density at radius 2 is 2.06 bits per heavy atom. The lowest BCUT2D eigenvalue weighted by molar-refractivity contribution is -0.123. The first-order chi connectivity index (χ1) is 7.94. The summed E-state index contributed by atoms with van der Waals surface area (Å²) in [6.07, 6.45) is 3.63. The summed E-state index contributed by atoms with van der Waals surface area (Å²) < 4.78 is 22.4.